The summed E-state index contributed by atoms with van der Waals surface area (Å²) in [6.07, 6.45) is 2.73. The average molecular weight is 305 g/mol. The van der Waals surface area contributed by atoms with Crippen LogP contribution in [0.5, 0.6) is 11.5 Å². The summed E-state index contributed by atoms with van der Waals surface area (Å²) in [6, 6.07) is 6.71. The molecule has 4 rings (SSSR count). The molecule has 2 fully saturated rings. The number of hydrogen-bond acceptors (Lipinski definition) is 5. The summed E-state index contributed by atoms with van der Waals surface area (Å²) in [5, 5.41) is 0. The minimum absolute atomic E-state index is 0.225. The molecule has 1 aliphatic carbocycles. The number of nitrogens with zero attached hydrogens (tertiary/aromatic N) is 1. The Labute approximate surface area is 131 Å². The first-order valence-corrected chi connectivity index (χ1v) is 8.21. The summed E-state index contributed by atoms with van der Waals surface area (Å²) in [4.78, 5) is 2.53. The second-order valence-corrected chi connectivity index (χ2v) is 6.13. The third-order valence-electron chi connectivity index (χ3n) is 4.85. The Morgan fingerprint density at radius 2 is 2.14 bits per heavy atom. The summed E-state index contributed by atoms with van der Waals surface area (Å²) in [7, 11) is 0. The molecule has 5 nitrogen and oxygen atoms in total. The Hall–Kier alpha value is -1.30. The molecule has 1 saturated heterocycles. The molecule has 0 bridgehead atoms. The van der Waals surface area contributed by atoms with Crippen LogP contribution in [0.25, 0.3) is 0 Å². The molecule has 1 saturated carbocycles. The smallest absolute Gasteiger partial charge is 0.231 e. The van der Waals surface area contributed by atoms with Gasteiger partial charge in [-0.2, -0.15) is 0 Å². The van der Waals surface area contributed by atoms with E-state index in [9.17, 15) is 0 Å². The fraction of sp³-hybridized carbons (Fsp3) is 0.647. The number of rotatable bonds is 4. The van der Waals surface area contributed by atoms with Gasteiger partial charge in [-0.15, -0.1) is 0 Å². The van der Waals surface area contributed by atoms with Crippen LogP contribution in [0.3, 0.4) is 0 Å². The Balaban J connectivity index is 1.46. The van der Waals surface area contributed by atoms with Crippen molar-refractivity contribution in [2.75, 3.05) is 26.6 Å². The molecule has 0 aromatic heterocycles. The molecule has 0 unspecified atom stereocenters. The van der Waals surface area contributed by atoms with Crippen LogP contribution in [0.15, 0.2) is 18.2 Å². The van der Waals surface area contributed by atoms with Gasteiger partial charge in [-0.3, -0.25) is 4.90 Å². The zero-order valence-corrected chi connectivity index (χ0v) is 13.0. The number of hydrogen-bond donors (Lipinski definition) is 0. The molecule has 3 aliphatic rings. The third kappa shape index (κ3) is 2.57. The molecular formula is C17H23NO4. The predicted octanol–water partition coefficient (Wildman–Crippen LogP) is 2.18. The van der Waals surface area contributed by atoms with Crippen molar-refractivity contribution in [1.29, 1.82) is 0 Å². The van der Waals surface area contributed by atoms with Crippen LogP contribution < -0.4 is 9.47 Å². The van der Waals surface area contributed by atoms with Crippen LogP contribution in [-0.2, 0) is 16.0 Å². The summed E-state index contributed by atoms with van der Waals surface area (Å²) in [5.74, 6) is 1.71. The van der Waals surface area contributed by atoms with Crippen molar-refractivity contribution in [3.8, 4) is 11.5 Å². The van der Waals surface area contributed by atoms with Crippen LogP contribution in [0.1, 0.15) is 25.3 Å². The molecular weight excluding hydrogens is 282 g/mol. The van der Waals surface area contributed by atoms with E-state index in [4.69, 9.17) is 18.9 Å². The minimum atomic E-state index is 0.225. The largest absolute Gasteiger partial charge is 0.454 e. The molecule has 0 radical (unpaired) electrons. The zero-order valence-electron chi connectivity index (χ0n) is 13.0. The second-order valence-electron chi connectivity index (χ2n) is 6.13. The molecule has 3 atom stereocenters. The molecule has 22 heavy (non-hydrogen) atoms. The van der Waals surface area contributed by atoms with Crippen molar-refractivity contribution < 1.29 is 18.9 Å². The Morgan fingerprint density at radius 3 is 3.05 bits per heavy atom. The van der Waals surface area contributed by atoms with E-state index in [1.165, 1.54) is 5.56 Å². The molecule has 1 aromatic carbocycles. The van der Waals surface area contributed by atoms with Gasteiger partial charge in [0.2, 0.25) is 6.79 Å². The molecule has 0 N–H and O–H groups in total. The fourth-order valence-corrected chi connectivity index (χ4v) is 3.85. The number of benzene rings is 1. The standard InChI is InChI=1S/C17H23NO4/c1-2-19-15-6-4-13-17(15)20-8-7-18(13)10-12-3-5-14-16(9-12)22-11-21-14/h3,5,9,13,15,17H,2,4,6-8,10-11H2,1H3/t13-,15-,17-/m0/s1. The zero-order chi connectivity index (χ0) is 14.9. The van der Waals surface area contributed by atoms with Crippen LogP contribution in [0, 0.1) is 0 Å². The van der Waals surface area contributed by atoms with Crippen molar-refractivity contribution in [3.05, 3.63) is 23.8 Å². The van der Waals surface area contributed by atoms with Crippen molar-refractivity contribution in [1.82, 2.24) is 4.90 Å². The SMILES string of the molecule is CCO[C@H]1CC[C@H]2[C@@H]1OCCN2Cc1ccc2c(c1)OCO2. The van der Waals surface area contributed by atoms with Crippen molar-refractivity contribution in [2.24, 2.45) is 0 Å². The maximum atomic E-state index is 6.00. The Morgan fingerprint density at radius 1 is 1.23 bits per heavy atom. The van der Waals surface area contributed by atoms with Crippen molar-refractivity contribution >= 4 is 0 Å². The monoisotopic (exact) mass is 305 g/mol. The number of ether oxygens (including phenoxy) is 4. The van der Waals surface area contributed by atoms with E-state index in [1.807, 2.05) is 6.07 Å². The van der Waals surface area contributed by atoms with Crippen molar-refractivity contribution in [3.63, 3.8) is 0 Å². The lowest BCUT2D eigenvalue weighted by molar-refractivity contribution is -0.113. The van der Waals surface area contributed by atoms with Crippen LogP contribution in [-0.4, -0.2) is 49.7 Å². The van der Waals surface area contributed by atoms with Gasteiger partial charge in [0, 0.05) is 25.7 Å². The fourth-order valence-electron chi connectivity index (χ4n) is 3.85. The lowest BCUT2D eigenvalue weighted by Gasteiger charge is -2.39. The third-order valence-corrected chi connectivity index (χ3v) is 4.85. The van der Waals surface area contributed by atoms with E-state index in [1.54, 1.807) is 0 Å². The quantitative estimate of drug-likeness (QED) is 0.853. The van der Waals surface area contributed by atoms with E-state index in [0.717, 1.165) is 50.6 Å². The summed E-state index contributed by atoms with van der Waals surface area (Å²) in [5.41, 5.74) is 1.27. The van der Waals surface area contributed by atoms with Gasteiger partial charge in [-0.1, -0.05) is 6.07 Å². The highest BCUT2D eigenvalue weighted by Gasteiger charge is 2.43. The first kappa shape index (κ1) is 14.3. The molecule has 120 valence electrons. The first-order chi connectivity index (χ1) is 10.8. The molecule has 2 aliphatic heterocycles. The number of morpholine rings is 1. The highest BCUT2D eigenvalue weighted by atomic mass is 16.7. The van der Waals surface area contributed by atoms with Gasteiger partial charge < -0.3 is 18.9 Å². The normalized spacial score (nSPS) is 30.5. The molecule has 5 heteroatoms. The van der Waals surface area contributed by atoms with E-state index in [2.05, 4.69) is 24.0 Å². The first-order valence-electron chi connectivity index (χ1n) is 8.21. The van der Waals surface area contributed by atoms with Gasteiger partial charge in [-0.25, -0.2) is 0 Å². The predicted molar refractivity (Wildman–Crippen MR) is 81.2 cm³/mol. The highest BCUT2D eigenvalue weighted by molar-refractivity contribution is 5.44. The Bertz CT molecular complexity index is 535. The Kier molecular flexibility index (Phi) is 3.94. The topological polar surface area (TPSA) is 40.2 Å². The van der Waals surface area contributed by atoms with Gasteiger partial charge in [0.1, 0.15) is 0 Å². The van der Waals surface area contributed by atoms with Gasteiger partial charge >= 0.3 is 0 Å². The number of fused-ring (bicyclic) bond motifs is 2. The van der Waals surface area contributed by atoms with Gasteiger partial charge in [-0.05, 0) is 37.5 Å². The molecule has 2 heterocycles. The summed E-state index contributed by atoms with van der Waals surface area (Å²) in [6.45, 7) is 5.85. The second kappa shape index (κ2) is 6.07. The summed E-state index contributed by atoms with van der Waals surface area (Å²) >= 11 is 0. The van der Waals surface area contributed by atoms with Crippen LogP contribution >= 0.6 is 0 Å². The lowest BCUT2D eigenvalue weighted by Crippen LogP contribution is -2.51. The van der Waals surface area contributed by atoms with Crippen molar-refractivity contribution in [2.45, 2.75) is 44.6 Å². The average Bonchev–Trinajstić information content (AvgIpc) is 3.15. The maximum absolute atomic E-state index is 6.00. The van der Waals surface area contributed by atoms with E-state index in [-0.39, 0.29) is 12.2 Å². The van der Waals surface area contributed by atoms with Gasteiger partial charge in [0.15, 0.2) is 11.5 Å². The van der Waals surface area contributed by atoms with E-state index >= 15 is 0 Å². The van der Waals surface area contributed by atoms with E-state index < -0.39 is 0 Å². The van der Waals surface area contributed by atoms with Crippen LogP contribution in [0.2, 0.25) is 0 Å². The van der Waals surface area contributed by atoms with Crippen LogP contribution in [0.4, 0.5) is 0 Å². The minimum Gasteiger partial charge on any atom is -0.454 e. The maximum Gasteiger partial charge on any atom is 0.231 e. The highest BCUT2D eigenvalue weighted by Crippen LogP contribution is 2.35. The molecule has 0 spiro atoms. The van der Waals surface area contributed by atoms with Gasteiger partial charge in [0.25, 0.3) is 0 Å². The van der Waals surface area contributed by atoms with E-state index in [0.29, 0.717) is 12.8 Å². The molecule has 0 amide bonds. The molecule has 1 aromatic rings. The lowest BCUT2D eigenvalue weighted by atomic mass is 10.1. The summed E-state index contributed by atoms with van der Waals surface area (Å²) < 4.78 is 22.7. The van der Waals surface area contributed by atoms with Gasteiger partial charge in [0.05, 0.1) is 18.8 Å².